The lowest BCUT2D eigenvalue weighted by Gasteiger charge is -2.14. The molecule has 4 heteroatoms. The van der Waals surface area contributed by atoms with E-state index in [4.69, 9.17) is 4.74 Å². The zero-order valence-electron chi connectivity index (χ0n) is 12.6. The van der Waals surface area contributed by atoms with Crippen LogP contribution in [0.1, 0.15) is 35.7 Å². The minimum absolute atomic E-state index is 0.463. The van der Waals surface area contributed by atoms with Gasteiger partial charge in [0.1, 0.15) is 12.4 Å². The summed E-state index contributed by atoms with van der Waals surface area (Å²) in [5, 5.41) is 6.57. The number of rotatable bonds is 6. The van der Waals surface area contributed by atoms with Crippen molar-refractivity contribution in [1.29, 1.82) is 0 Å². The average molecular weight is 290 g/mol. The predicted octanol–water partition coefficient (Wildman–Crippen LogP) is 3.84. The fourth-order valence-electron chi connectivity index (χ4n) is 1.93. The number of hydrogen-bond donors (Lipinski definition) is 1. The minimum atomic E-state index is 0.463. The van der Waals surface area contributed by atoms with Gasteiger partial charge in [-0.15, -0.1) is 11.3 Å². The molecule has 1 heterocycles. The van der Waals surface area contributed by atoms with Crippen molar-refractivity contribution in [3.05, 3.63) is 45.4 Å². The zero-order valence-corrected chi connectivity index (χ0v) is 13.4. The number of aromatic nitrogens is 1. The largest absolute Gasteiger partial charge is 0.487 e. The topological polar surface area (TPSA) is 34.1 Å². The second kappa shape index (κ2) is 6.86. The highest BCUT2D eigenvalue weighted by Crippen LogP contribution is 2.21. The normalized spacial score (nSPS) is 11.1. The van der Waals surface area contributed by atoms with Crippen LogP contribution in [-0.2, 0) is 13.2 Å². The molecule has 0 spiro atoms. The van der Waals surface area contributed by atoms with E-state index < -0.39 is 0 Å². The van der Waals surface area contributed by atoms with E-state index in [0.29, 0.717) is 12.6 Å². The Bertz CT molecular complexity index is 563. The lowest BCUT2D eigenvalue weighted by molar-refractivity contribution is 0.297. The molecular formula is C16H22N2OS. The van der Waals surface area contributed by atoms with Crippen molar-refractivity contribution in [1.82, 2.24) is 10.3 Å². The smallest absolute Gasteiger partial charge is 0.131 e. The molecule has 2 aromatic rings. The van der Waals surface area contributed by atoms with Crippen LogP contribution < -0.4 is 10.1 Å². The Kier molecular flexibility index (Phi) is 5.15. The van der Waals surface area contributed by atoms with Gasteiger partial charge in [0.15, 0.2) is 0 Å². The summed E-state index contributed by atoms with van der Waals surface area (Å²) < 4.78 is 5.93. The van der Waals surface area contributed by atoms with Gasteiger partial charge in [0.05, 0.1) is 10.7 Å². The molecule has 0 aliphatic heterocycles. The Balaban J connectivity index is 2.05. The van der Waals surface area contributed by atoms with Crippen LogP contribution in [0.15, 0.2) is 23.6 Å². The van der Waals surface area contributed by atoms with Gasteiger partial charge in [0.25, 0.3) is 0 Å². The molecule has 0 aliphatic carbocycles. The molecule has 1 N–H and O–H groups in total. The van der Waals surface area contributed by atoms with Gasteiger partial charge in [-0.3, -0.25) is 0 Å². The lowest BCUT2D eigenvalue weighted by Crippen LogP contribution is -2.22. The highest BCUT2D eigenvalue weighted by molar-refractivity contribution is 7.09. The van der Waals surface area contributed by atoms with Crippen LogP contribution in [0.2, 0.25) is 0 Å². The molecule has 2 rings (SSSR count). The van der Waals surface area contributed by atoms with Crippen LogP contribution in [0.4, 0.5) is 0 Å². The quantitative estimate of drug-likeness (QED) is 0.877. The Morgan fingerprint density at radius 3 is 2.75 bits per heavy atom. The van der Waals surface area contributed by atoms with E-state index in [1.54, 1.807) is 11.3 Å². The summed E-state index contributed by atoms with van der Waals surface area (Å²) in [6.07, 6.45) is 0. The first-order valence-electron chi connectivity index (χ1n) is 6.91. The van der Waals surface area contributed by atoms with Crippen molar-refractivity contribution >= 4 is 11.3 Å². The van der Waals surface area contributed by atoms with E-state index in [-0.39, 0.29) is 0 Å². The number of nitrogens with zero attached hydrogens (tertiary/aromatic N) is 1. The van der Waals surface area contributed by atoms with Crippen LogP contribution in [-0.4, -0.2) is 11.0 Å². The lowest BCUT2D eigenvalue weighted by atomic mass is 10.1. The molecule has 0 amide bonds. The van der Waals surface area contributed by atoms with Crippen molar-refractivity contribution < 1.29 is 4.74 Å². The van der Waals surface area contributed by atoms with Crippen molar-refractivity contribution in [2.75, 3.05) is 0 Å². The average Bonchev–Trinajstić information content (AvgIpc) is 2.81. The molecule has 1 aromatic heterocycles. The summed E-state index contributed by atoms with van der Waals surface area (Å²) in [6, 6.07) is 6.77. The molecule has 0 atom stereocenters. The van der Waals surface area contributed by atoms with E-state index in [1.807, 2.05) is 13.0 Å². The summed E-state index contributed by atoms with van der Waals surface area (Å²) in [5.41, 5.74) is 3.45. The molecule has 0 aliphatic rings. The first-order valence-corrected chi connectivity index (χ1v) is 7.79. The first kappa shape index (κ1) is 15.0. The van der Waals surface area contributed by atoms with Gasteiger partial charge in [0, 0.05) is 23.5 Å². The fraction of sp³-hybridized carbons (Fsp3) is 0.438. The third-order valence-corrected chi connectivity index (χ3v) is 3.78. The molecule has 0 unspecified atom stereocenters. The van der Waals surface area contributed by atoms with Crippen molar-refractivity contribution in [2.24, 2.45) is 0 Å². The summed E-state index contributed by atoms with van der Waals surface area (Å²) in [4.78, 5) is 4.43. The van der Waals surface area contributed by atoms with Crippen molar-refractivity contribution in [3.8, 4) is 5.75 Å². The van der Waals surface area contributed by atoms with E-state index in [0.717, 1.165) is 23.0 Å². The molecule has 3 nitrogen and oxygen atoms in total. The molecule has 0 radical (unpaired) electrons. The highest BCUT2D eigenvalue weighted by atomic mass is 32.1. The number of nitrogens with one attached hydrogen (secondary N) is 1. The number of aryl methyl sites for hydroxylation is 2. The number of ether oxygens (including phenoxy) is 1. The molecule has 20 heavy (non-hydrogen) atoms. The summed E-state index contributed by atoms with van der Waals surface area (Å²) >= 11 is 1.66. The van der Waals surface area contributed by atoms with Crippen molar-refractivity contribution in [2.45, 2.75) is 46.9 Å². The highest BCUT2D eigenvalue weighted by Gasteiger charge is 2.06. The maximum absolute atomic E-state index is 5.93. The number of benzene rings is 1. The van der Waals surface area contributed by atoms with E-state index in [2.05, 4.69) is 48.6 Å². The molecule has 1 aromatic carbocycles. The summed E-state index contributed by atoms with van der Waals surface area (Å²) in [7, 11) is 0. The number of hydrogen-bond acceptors (Lipinski definition) is 4. The Morgan fingerprint density at radius 1 is 1.30 bits per heavy atom. The summed E-state index contributed by atoms with van der Waals surface area (Å²) in [5.74, 6) is 0.939. The van der Waals surface area contributed by atoms with Gasteiger partial charge < -0.3 is 10.1 Å². The van der Waals surface area contributed by atoms with Gasteiger partial charge in [-0.05, 0) is 19.9 Å². The zero-order chi connectivity index (χ0) is 14.5. The second-order valence-corrected chi connectivity index (χ2v) is 6.36. The van der Waals surface area contributed by atoms with Crippen LogP contribution >= 0.6 is 11.3 Å². The Hall–Kier alpha value is -1.39. The SMILES string of the molecule is Cc1ccc(OCc2csc(C)n2)c(CNC(C)C)c1. The van der Waals surface area contributed by atoms with Gasteiger partial charge >= 0.3 is 0 Å². The molecule has 0 saturated heterocycles. The van der Waals surface area contributed by atoms with Gasteiger partial charge in [0.2, 0.25) is 0 Å². The molecular weight excluding hydrogens is 268 g/mol. The standard InChI is InChI=1S/C16H22N2OS/c1-11(2)17-8-14-7-12(3)5-6-16(14)19-9-15-10-20-13(4)18-15/h5-7,10-11,17H,8-9H2,1-4H3. The van der Waals surface area contributed by atoms with Crippen LogP contribution in [0.3, 0.4) is 0 Å². The predicted molar refractivity (Wildman–Crippen MR) is 84.3 cm³/mol. The summed E-state index contributed by atoms with van der Waals surface area (Å²) in [6.45, 7) is 9.76. The monoisotopic (exact) mass is 290 g/mol. The van der Waals surface area contributed by atoms with Gasteiger partial charge in [-0.1, -0.05) is 31.5 Å². The van der Waals surface area contributed by atoms with Gasteiger partial charge in [-0.25, -0.2) is 4.98 Å². The van der Waals surface area contributed by atoms with Crippen LogP contribution in [0.5, 0.6) is 5.75 Å². The van der Waals surface area contributed by atoms with E-state index in [1.165, 1.54) is 11.1 Å². The molecule has 0 bridgehead atoms. The van der Waals surface area contributed by atoms with Gasteiger partial charge in [-0.2, -0.15) is 0 Å². The molecule has 0 saturated carbocycles. The van der Waals surface area contributed by atoms with E-state index >= 15 is 0 Å². The maximum Gasteiger partial charge on any atom is 0.131 e. The third-order valence-electron chi connectivity index (χ3n) is 2.96. The number of thiazole rings is 1. The van der Waals surface area contributed by atoms with Crippen LogP contribution in [0.25, 0.3) is 0 Å². The molecule has 108 valence electrons. The van der Waals surface area contributed by atoms with Crippen molar-refractivity contribution in [3.63, 3.8) is 0 Å². The third kappa shape index (κ3) is 4.32. The molecule has 0 fully saturated rings. The first-order chi connectivity index (χ1) is 9.54. The maximum atomic E-state index is 5.93. The Labute approximate surface area is 125 Å². The fourth-order valence-corrected chi connectivity index (χ4v) is 2.52. The second-order valence-electron chi connectivity index (χ2n) is 5.29. The van der Waals surface area contributed by atoms with Crippen LogP contribution in [0, 0.1) is 13.8 Å². The Morgan fingerprint density at radius 2 is 2.10 bits per heavy atom. The van der Waals surface area contributed by atoms with E-state index in [9.17, 15) is 0 Å². The minimum Gasteiger partial charge on any atom is -0.487 e.